The van der Waals surface area contributed by atoms with E-state index < -0.39 is 0 Å². The number of hydrogen-bond acceptors (Lipinski definition) is 3. The second kappa shape index (κ2) is 6.26. The normalized spacial score (nSPS) is 10.7. The van der Waals surface area contributed by atoms with Crippen LogP contribution in [0.3, 0.4) is 0 Å². The van der Waals surface area contributed by atoms with Crippen molar-refractivity contribution in [3.05, 3.63) is 43.0 Å². The van der Waals surface area contributed by atoms with Crippen LogP contribution >= 0.6 is 44.1 Å². The first kappa shape index (κ1) is 14.8. The van der Waals surface area contributed by atoms with E-state index in [1.807, 2.05) is 25.1 Å². The Morgan fingerprint density at radius 2 is 2.11 bits per heavy atom. The maximum atomic E-state index is 5.26. The Balaban J connectivity index is 2.59. The fraction of sp³-hybridized carbons (Fsp3) is 0.231. The van der Waals surface area contributed by atoms with Gasteiger partial charge in [0.25, 0.3) is 0 Å². The molecule has 2 aromatic rings. The van der Waals surface area contributed by atoms with Gasteiger partial charge in [-0.2, -0.15) is 0 Å². The fourth-order valence-corrected chi connectivity index (χ4v) is 2.89. The largest absolute Gasteiger partial charge is 0.378 e. The van der Waals surface area contributed by atoms with E-state index in [1.165, 1.54) is 5.56 Å². The summed E-state index contributed by atoms with van der Waals surface area (Å²) < 4.78 is 7.44. The van der Waals surface area contributed by atoms with Crippen LogP contribution in [-0.4, -0.2) is 17.1 Å². The van der Waals surface area contributed by atoms with Crippen molar-refractivity contribution in [3.63, 3.8) is 0 Å². The molecule has 0 radical (unpaired) electrons. The summed E-state index contributed by atoms with van der Waals surface area (Å²) in [5.41, 5.74) is 3.04. The molecule has 0 saturated heterocycles. The van der Waals surface area contributed by atoms with E-state index in [0.717, 1.165) is 26.0 Å². The highest BCUT2D eigenvalue weighted by molar-refractivity contribution is 9.11. The van der Waals surface area contributed by atoms with Crippen molar-refractivity contribution in [2.45, 2.75) is 13.5 Å². The molecule has 19 heavy (non-hydrogen) atoms. The molecule has 0 fully saturated rings. The third-order valence-corrected chi connectivity index (χ3v) is 4.67. The molecule has 0 aliphatic heterocycles. The lowest BCUT2D eigenvalue weighted by molar-refractivity contribution is 0.181. The fourth-order valence-electron chi connectivity index (χ4n) is 1.69. The van der Waals surface area contributed by atoms with Gasteiger partial charge >= 0.3 is 0 Å². The van der Waals surface area contributed by atoms with Gasteiger partial charge in [-0.1, -0.05) is 34.2 Å². The van der Waals surface area contributed by atoms with Gasteiger partial charge in [0.05, 0.1) is 16.8 Å². The molecular formula is C13H12Br2N2OS. The van der Waals surface area contributed by atoms with Crippen molar-refractivity contribution >= 4 is 44.1 Å². The van der Waals surface area contributed by atoms with Crippen LogP contribution in [0.25, 0.3) is 11.4 Å². The van der Waals surface area contributed by atoms with Crippen LogP contribution in [0.1, 0.15) is 11.3 Å². The molecule has 2 rings (SSSR count). The number of hydrogen-bond donors (Lipinski definition) is 1. The topological polar surface area (TPSA) is 37.9 Å². The minimum absolute atomic E-state index is 0.448. The average Bonchev–Trinajstić information content (AvgIpc) is 2.35. The van der Waals surface area contributed by atoms with Crippen LogP contribution in [0, 0.1) is 11.6 Å². The second-order valence-electron chi connectivity index (χ2n) is 4.10. The maximum absolute atomic E-state index is 5.26. The number of halogens is 2. The molecule has 0 saturated carbocycles. The van der Waals surface area contributed by atoms with E-state index in [0.29, 0.717) is 11.2 Å². The zero-order chi connectivity index (χ0) is 14.0. The number of nitrogens with zero attached hydrogens (tertiary/aromatic N) is 1. The van der Waals surface area contributed by atoms with Crippen molar-refractivity contribution in [1.29, 1.82) is 0 Å². The van der Waals surface area contributed by atoms with Gasteiger partial charge in [-0.05, 0) is 40.5 Å². The molecule has 100 valence electrons. The third kappa shape index (κ3) is 3.31. The van der Waals surface area contributed by atoms with Crippen LogP contribution in [0.4, 0.5) is 0 Å². The molecule has 1 aromatic heterocycles. The SMILES string of the molecule is COCc1[nH]c(-c2ccc(C)cc2Br)nc(=S)c1Br. The monoisotopic (exact) mass is 402 g/mol. The highest BCUT2D eigenvalue weighted by Crippen LogP contribution is 2.28. The van der Waals surface area contributed by atoms with Gasteiger partial charge in [0, 0.05) is 17.1 Å². The number of nitrogens with one attached hydrogen (secondary N) is 1. The number of ether oxygens (including phenoxy) is 1. The average molecular weight is 404 g/mol. The Labute approximate surface area is 133 Å². The van der Waals surface area contributed by atoms with Crippen LogP contribution < -0.4 is 0 Å². The molecule has 0 unspecified atom stereocenters. The highest BCUT2D eigenvalue weighted by atomic mass is 79.9. The maximum Gasteiger partial charge on any atom is 0.144 e. The minimum Gasteiger partial charge on any atom is -0.378 e. The van der Waals surface area contributed by atoms with Crippen molar-refractivity contribution < 1.29 is 4.74 Å². The van der Waals surface area contributed by atoms with Gasteiger partial charge in [0.15, 0.2) is 0 Å². The molecule has 0 spiro atoms. The zero-order valence-corrected chi connectivity index (χ0v) is 14.4. The summed E-state index contributed by atoms with van der Waals surface area (Å²) in [4.78, 5) is 7.65. The molecule has 0 aliphatic carbocycles. The van der Waals surface area contributed by atoms with Crippen LogP contribution in [-0.2, 0) is 11.3 Å². The molecule has 6 heteroatoms. The van der Waals surface area contributed by atoms with Crippen LogP contribution in [0.15, 0.2) is 27.1 Å². The van der Waals surface area contributed by atoms with Gasteiger partial charge in [-0.15, -0.1) is 0 Å². The molecule has 1 heterocycles. The smallest absolute Gasteiger partial charge is 0.144 e. The van der Waals surface area contributed by atoms with Crippen molar-refractivity contribution in [2.75, 3.05) is 7.11 Å². The summed E-state index contributed by atoms with van der Waals surface area (Å²) >= 11 is 12.2. The number of H-pyrrole nitrogens is 1. The Bertz CT molecular complexity index is 670. The zero-order valence-electron chi connectivity index (χ0n) is 10.5. The summed E-state index contributed by atoms with van der Waals surface area (Å²) in [6.45, 7) is 2.49. The number of benzene rings is 1. The summed E-state index contributed by atoms with van der Waals surface area (Å²) in [5, 5.41) is 0. The van der Waals surface area contributed by atoms with Gasteiger partial charge in [-0.3, -0.25) is 0 Å². The number of aromatic nitrogens is 2. The first-order chi connectivity index (χ1) is 9.02. The molecular weight excluding hydrogens is 392 g/mol. The number of aryl methyl sites for hydroxylation is 1. The molecule has 1 N–H and O–H groups in total. The predicted octanol–water partition coefficient (Wildman–Crippen LogP) is 4.79. The summed E-state index contributed by atoms with van der Waals surface area (Å²) in [7, 11) is 1.64. The summed E-state index contributed by atoms with van der Waals surface area (Å²) in [5.74, 6) is 0.729. The lowest BCUT2D eigenvalue weighted by Crippen LogP contribution is -2.00. The van der Waals surface area contributed by atoms with Crippen molar-refractivity contribution in [2.24, 2.45) is 0 Å². The first-order valence-corrected chi connectivity index (χ1v) is 7.56. The van der Waals surface area contributed by atoms with E-state index in [4.69, 9.17) is 17.0 Å². The van der Waals surface area contributed by atoms with Gasteiger partial charge in [0.1, 0.15) is 10.5 Å². The number of aromatic amines is 1. The Kier molecular flexibility index (Phi) is 4.89. The molecule has 0 bridgehead atoms. The van der Waals surface area contributed by atoms with E-state index >= 15 is 0 Å². The highest BCUT2D eigenvalue weighted by Gasteiger charge is 2.10. The first-order valence-electron chi connectivity index (χ1n) is 5.57. The molecule has 0 amide bonds. The van der Waals surface area contributed by atoms with Gasteiger partial charge in [-0.25, -0.2) is 4.98 Å². The Morgan fingerprint density at radius 1 is 1.37 bits per heavy atom. The molecule has 0 aliphatic rings. The van der Waals surface area contributed by atoms with E-state index in [9.17, 15) is 0 Å². The lowest BCUT2D eigenvalue weighted by Gasteiger charge is -2.09. The Morgan fingerprint density at radius 3 is 2.74 bits per heavy atom. The third-order valence-electron chi connectivity index (χ3n) is 2.60. The van der Waals surface area contributed by atoms with Crippen LogP contribution in [0.5, 0.6) is 0 Å². The van der Waals surface area contributed by atoms with E-state index in [-0.39, 0.29) is 0 Å². The van der Waals surface area contributed by atoms with Crippen molar-refractivity contribution in [3.8, 4) is 11.4 Å². The quantitative estimate of drug-likeness (QED) is 0.749. The molecule has 0 atom stereocenters. The van der Waals surface area contributed by atoms with Crippen molar-refractivity contribution in [1.82, 2.24) is 9.97 Å². The van der Waals surface area contributed by atoms with Gasteiger partial charge in [0.2, 0.25) is 0 Å². The minimum atomic E-state index is 0.448. The number of rotatable bonds is 3. The summed E-state index contributed by atoms with van der Waals surface area (Å²) in [6.07, 6.45) is 0. The molecule has 3 nitrogen and oxygen atoms in total. The van der Waals surface area contributed by atoms with Gasteiger partial charge < -0.3 is 9.72 Å². The predicted molar refractivity (Wildman–Crippen MR) is 85.7 cm³/mol. The lowest BCUT2D eigenvalue weighted by atomic mass is 10.1. The molecule has 1 aromatic carbocycles. The standard InChI is InChI=1S/C13H12Br2N2OS/c1-7-3-4-8(9(14)5-7)12-16-10(6-18-2)11(15)13(19)17-12/h3-5H,6H2,1-2H3,(H,16,17,19). The van der Waals surface area contributed by atoms with Crippen LogP contribution in [0.2, 0.25) is 0 Å². The summed E-state index contributed by atoms with van der Waals surface area (Å²) in [6, 6.07) is 6.10. The van der Waals surface area contributed by atoms with E-state index in [2.05, 4.69) is 41.8 Å². The number of methoxy groups -OCH3 is 1. The Hall–Kier alpha value is -0.560. The second-order valence-corrected chi connectivity index (χ2v) is 6.13. The van der Waals surface area contributed by atoms with E-state index in [1.54, 1.807) is 7.11 Å².